The third-order valence-corrected chi connectivity index (χ3v) is 4.67. The van der Waals surface area contributed by atoms with Crippen LogP contribution in [0.3, 0.4) is 0 Å². The smallest absolute Gasteiger partial charge is 0.417 e. The van der Waals surface area contributed by atoms with E-state index < -0.39 is 12.1 Å². The molecule has 0 saturated carbocycles. The number of hydrogen-bond acceptors (Lipinski definition) is 5. The average Bonchev–Trinajstić information content (AvgIpc) is 3.08. The molecule has 0 radical (unpaired) electrons. The van der Waals surface area contributed by atoms with E-state index in [9.17, 15) is 14.4 Å². The molecule has 1 N–H and O–H groups in total. The van der Waals surface area contributed by atoms with Crippen LogP contribution in [0.25, 0.3) is 0 Å². The van der Waals surface area contributed by atoms with E-state index in [0.29, 0.717) is 29.4 Å². The molecule has 0 bridgehead atoms. The summed E-state index contributed by atoms with van der Waals surface area (Å²) >= 11 is 11.7. The molecule has 0 saturated heterocycles. The van der Waals surface area contributed by atoms with E-state index in [-0.39, 0.29) is 21.9 Å². The highest BCUT2D eigenvalue weighted by Crippen LogP contribution is 2.28. The van der Waals surface area contributed by atoms with Crippen LogP contribution >= 0.6 is 23.2 Å². The highest BCUT2D eigenvalue weighted by Gasteiger charge is 2.27. The SMILES string of the molecule is COC(=O)c1c(OC(=O)Nc2ccc(Cl)c(Cl)c2)cc(=O)n2c1CCC2. The number of pyridine rings is 1. The summed E-state index contributed by atoms with van der Waals surface area (Å²) in [5.74, 6) is -0.819. The highest BCUT2D eigenvalue weighted by molar-refractivity contribution is 6.42. The molecule has 0 unspecified atom stereocenters. The van der Waals surface area contributed by atoms with Gasteiger partial charge in [0, 0.05) is 24.0 Å². The van der Waals surface area contributed by atoms with Crippen molar-refractivity contribution in [1.82, 2.24) is 4.57 Å². The van der Waals surface area contributed by atoms with Gasteiger partial charge in [-0.1, -0.05) is 23.2 Å². The quantitative estimate of drug-likeness (QED) is 0.802. The van der Waals surface area contributed by atoms with Crippen molar-refractivity contribution in [3.8, 4) is 5.75 Å². The Balaban J connectivity index is 1.90. The summed E-state index contributed by atoms with van der Waals surface area (Å²) in [5.41, 5.74) is 0.583. The maximum absolute atomic E-state index is 12.2. The maximum Gasteiger partial charge on any atom is 0.417 e. The fourth-order valence-corrected chi connectivity index (χ4v) is 3.10. The van der Waals surface area contributed by atoms with Gasteiger partial charge in [-0.25, -0.2) is 9.59 Å². The van der Waals surface area contributed by atoms with E-state index in [1.54, 1.807) is 0 Å². The molecule has 0 fully saturated rings. The van der Waals surface area contributed by atoms with Gasteiger partial charge in [0.25, 0.3) is 5.56 Å². The maximum atomic E-state index is 12.2. The number of methoxy groups -OCH3 is 1. The molecule has 1 aromatic carbocycles. The van der Waals surface area contributed by atoms with Gasteiger partial charge in [0.05, 0.1) is 17.2 Å². The Morgan fingerprint density at radius 1 is 1.19 bits per heavy atom. The third-order valence-electron chi connectivity index (χ3n) is 3.93. The number of fused-ring (bicyclic) bond motifs is 1. The second-order valence-corrected chi connectivity index (χ2v) is 6.37. The van der Waals surface area contributed by atoms with Gasteiger partial charge < -0.3 is 14.0 Å². The number of nitrogens with one attached hydrogen (secondary N) is 1. The molecule has 1 amide bonds. The summed E-state index contributed by atoms with van der Waals surface area (Å²) in [7, 11) is 1.22. The molecular weight excluding hydrogens is 383 g/mol. The van der Waals surface area contributed by atoms with Crippen molar-refractivity contribution in [2.75, 3.05) is 12.4 Å². The Morgan fingerprint density at radius 2 is 1.96 bits per heavy atom. The van der Waals surface area contributed by atoms with Crippen molar-refractivity contribution in [2.24, 2.45) is 0 Å². The summed E-state index contributed by atoms with van der Waals surface area (Å²) in [4.78, 5) is 36.5. The van der Waals surface area contributed by atoms with Crippen LogP contribution in [0.4, 0.5) is 10.5 Å². The molecule has 7 nitrogen and oxygen atoms in total. The Hall–Kier alpha value is -2.51. The molecular formula is C17H14Cl2N2O5. The minimum absolute atomic E-state index is 0.0777. The summed E-state index contributed by atoms with van der Waals surface area (Å²) in [6.07, 6.45) is 0.361. The lowest BCUT2D eigenvalue weighted by atomic mass is 10.1. The summed E-state index contributed by atoms with van der Waals surface area (Å²) < 4.78 is 11.5. The molecule has 136 valence electrons. The molecule has 0 atom stereocenters. The van der Waals surface area contributed by atoms with E-state index in [2.05, 4.69) is 5.32 Å². The number of esters is 1. The Bertz CT molecular complexity index is 955. The van der Waals surface area contributed by atoms with E-state index in [0.717, 1.165) is 12.5 Å². The van der Waals surface area contributed by atoms with Gasteiger partial charge in [0.2, 0.25) is 0 Å². The van der Waals surface area contributed by atoms with Gasteiger partial charge in [-0.05, 0) is 31.0 Å². The lowest BCUT2D eigenvalue weighted by Crippen LogP contribution is -2.25. The number of aromatic nitrogens is 1. The van der Waals surface area contributed by atoms with Gasteiger partial charge in [0.1, 0.15) is 5.56 Å². The topological polar surface area (TPSA) is 86.6 Å². The van der Waals surface area contributed by atoms with Gasteiger partial charge in [-0.15, -0.1) is 0 Å². The molecule has 0 spiro atoms. The molecule has 3 rings (SSSR count). The van der Waals surface area contributed by atoms with Crippen LogP contribution in [-0.4, -0.2) is 23.7 Å². The van der Waals surface area contributed by atoms with Crippen molar-refractivity contribution in [2.45, 2.75) is 19.4 Å². The highest BCUT2D eigenvalue weighted by atomic mass is 35.5. The largest absolute Gasteiger partial charge is 0.465 e. The first-order chi connectivity index (χ1) is 12.4. The lowest BCUT2D eigenvalue weighted by molar-refractivity contribution is 0.0595. The second-order valence-electron chi connectivity index (χ2n) is 5.56. The van der Waals surface area contributed by atoms with Crippen molar-refractivity contribution < 1.29 is 19.1 Å². The average molecular weight is 397 g/mol. The van der Waals surface area contributed by atoms with Crippen molar-refractivity contribution in [1.29, 1.82) is 0 Å². The van der Waals surface area contributed by atoms with E-state index in [4.69, 9.17) is 32.7 Å². The molecule has 26 heavy (non-hydrogen) atoms. The molecule has 2 aromatic rings. The first-order valence-corrected chi connectivity index (χ1v) is 8.45. The number of ether oxygens (including phenoxy) is 2. The van der Waals surface area contributed by atoms with Crippen LogP contribution in [0.1, 0.15) is 22.5 Å². The number of rotatable bonds is 3. The minimum atomic E-state index is -0.879. The monoisotopic (exact) mass is 396 g/mol. The molecule has 0 aliphatic carbocycles. The number of halogens is 2. The minimum Gasteiger partial charge on any atom is -0.465 e. The van der Waals surface area contributed by atoms with Crippen LogP contribution in [0.5, 0.6) is 5.75 Å². The lowest BCUT2D eigenvalue weighted by Gasteiger charge is -2.14. The zero-order chi connectivity index (χ0) is 18.8. The van der Waals surface area contributed by atoms with Crippen LogP contribution in [-0.2, 0) is 17.7 Å². The molecule has 1 aromatic heterocycles. The molecule has 9 heteroatoms. The summed E-state index contributed by atoms with van der Waals surface area (Å²) in [6.45, 7) is 0.508. The first kappa shape index (κ1) is 18.3. The zero-order valence-electron chi connectivity index (χ0n) is 13.7. The van der Waals surface area contributed by atoms with Crippen LogP contribution in [0.15, 0.2) is 29.1 Å². The number of hydrogen-bond donors (Lipinski definition) is 1. The number of benzene rings is 1. The van der Waals surface area contributed by atoms with E-state index in [1.807, 2.05) is 0 Å². The number of carbonyl (C=O) groups is 2. The van der Waals surface area contributed by atoms with Crippen molar-refractivity contribution >= 4 is 41.0 Å². The molecule has 1 aliphatic heterocycles. The van der Waals surface area contributed by atoms with Gasteiger partial charge in [-0.3, -0.25) is 10.1 Å². The number of anilines is 1. The fourth-order valence-electron chi connectivity index (χ4n) is 2.80. The number of amides is 1. The summed E-state index contributed by atoms with van der Waals surface area (Å²) in [5, 5.41) is 3.06. The zero-order valence-corrected chi connectivity index (χ0v) is 15.2. The molecule has 2 heterocycles. The third kappa shape index (κ3) is 3.54. The normalized spacial score (nSPS) is 12.4. The van der Waals surface area contributed by atoms with Crippen molar-refractivity contribution in [3.63, 3.8) is 0 Å². The summed E-state index contributed by atoms with van der Waals surface area (Å²) in [6, 6.07) is 5.61. The van der Waals surface area contributed by atoms with Crippen LogP contribution in [0.2, 0.25) is 10.0 Å². The first-order valence-electron chi connectivity index (χ1n) is 7.69. The van der Waals surface area contributed by atoms with Gasteiger partial charge in [-0.2, -0.15) is 0 Å². The van der Waals surface area contributed by atoms with Gasteiger partial charge >= 0.3 is 12.1 Å². The second kappa shape index (κ2) is 7.39. The van der Waals surface area contributed by atoms with Crippen LogP contribution < -0.4 is 15.6 Å². The number of nitrogens with zero attached hydrogens (tertiary/aromatic N) is 1. The predicted octanol–water partition coefficient (Wildman–Crippen LogP) is 3.50. The Kier molecular flexibility index (Phi) is 5.20. The molecule has 1 aliphatic rings. The Morgan fingerprint density at radius 3 is 2.65 bits per heavy atom. The van der Waals surface area contributed by atoms with Crippen molar-refractivity contribution in [3.05, 3.63) is 55.9 Å². The number of carbonyl (C=O) groups excluding carboxylic acids is 2. The Labute approximate surface area is 158 Å². The fraction of sp³-hybridized carbons (Fsp3) is 0.235. The van der Waals surface area contributed by atoms with Crippen LogP contribution in [0, 0.1) is 0 Å². The predicted molar refractivity (Wildman–Crippen MR) is 96.5 cm³/mol. The van der Waals surface area contributed by atoms with E-state index >= 15 is 0 Å². The van der Waals surface area contributed by atoms with Gasteiger partial charge in [0.15, 0.2) is 5.75 Å². The van der Waals surface area contributed by atoms with E-state index in [1.165, 1.54) is 29.9 Å². The standard InChI is InChI=1S/C17H14Cl2N2O5/c1-25-16(23)15-12-3-2-6-21(12)14(22)8-13(15)26-17(24)20-9-4-5-10(18)11(19)7-9/h4-5,7-8H,2-3,6H2,1H3,(H,20,24).